The van der Waals surface area contributed by atoms with E-state index in [0.717, 1.165) is 22.5 Å². The molecule has 0 spiro atoms. The molecule has 0 radical (unpaired) electrons. The van der Waals surface area contributed by atoms with Crippen molar-refractivity contribution in [2.45, 2.75) is 0 Å². The Balaban J connectivity index is 2.17. The summed E-state index contributed by atoms with van der Waals surface area (Å²) in [6.07, 6.45) is 1.70. The fraction of sp³-hybridized carbons (Fsp3) is 0. The number of halogens is 1. The maximum absolute atomic E-state index is 13.0. The number of rotatable bonds is 2. The molecule has 5 heteroatoms. The number of nitrogens with one attached hydrogen (secondary N) is 1. The Kier molecular flexibility index (Phi) is 2.72. The van der Waals surface area contributed by atoms with Crippen molar-refractivity contribution in [3.8, 4) is 22.5 Å². The molecule has 19 heavy (non-hydrogen) atoms. The Bertz CT molecular complexity index is 689. The molecule has 94 valence electrons. The topological polar surface area (TPSA) is 67.6 Å². The van der Waals surface area contributed by atoms with Gasteiger partial charge in [-0.25, -0.2) is 4.39 Å². The standard InChI is InChI=1S/C14H11FN4/c15-10-6-4-9(5-7-10)12-13(18-19-14(12)16)11-3-1-2-8-17-11/h1-8H,(H3,16,18,19). The molecule has 2 aromatic heterocycles. The first-order valence-corrected chi connectivity index (χ1v) is 5.77. The van der Waals surface area contributed by atoms with Crippen LogP contribution in [0.4, 0.5) is 10.2 Å². The first kappa shape index (κ1) is 11.4. The minimum Gasteiger partial charge on any atom is -0.382 e. The molecule has 0 unspecified atom stereocenters. The van der Waals surface area contributed by atoms with Crippen molar-refractivity contribution in [3.05, 3.63) is 54.5 Å². The molecule has 1 aromatic carbocycles. The molecule has 0 atom stereocenters. The molecule has 0 aliphatic rings. The van der Waals surface area contributed by atoms with Crippen LogP contribution in [0.1, 0.15) is 0 Å². The van der Waals surface area contributed by atoms with Crippen LogP contribution in [0.3, 0.4) is 0 Å². The first-order chi connectivity index (χ1) is 9.25. The summed E-state index contributed by atoms with van der Waals surface area (Å²) in [6.45, 7) is 0. The monoisotopic (exact) mass is 254 g/mol. The van der Waals surface area contributed by atoms with E-state index in [9.17, 15) is 4.39 Å². The number of nitrogens with zero attached hydrogens (tertiary/aromatic N) is 2. The van der Waals surface area contributed by atoms with Crippen molar-refractivity contribution in [2.75, 3.05) is 5.73 Å². The van der Waals surface area contributed by atoms with Crippen LogP contribution in [0.15, 0.2) is 48.7 Å². The van der Waals surface area contributed by atoms with Gasteiger partial charge in [-0.05, 0) is 29.8 Å². The van der Waals surface area contributed by atoms with Crippen LogP contribution in [0, 0.1) is 5.82 Å². The third kappa shape index (κ3) is 2.06. The molecule has 4 nitrogen and oxygen atoms in total. The summed E-state index contributed by atoms with van der Waals surface area (Å²) >= 11 is 0. The molecule has 0 bridgehead atoms. The number of hydrogen-bond donors (Lipinski definition) is 2. The van der Waals surface area contributed by atoms with Gasteiger partial charge in [-0.2, -0.15) is 5.10 Å². The number of nitrogens with two attached hydrogens (primary N) is 1. The van der Waals surface area contributed by atoms with Gasteiger partial charge in [-0.1, -0.05) is 18.2 Å². The summed E-state index contributed by atoms with van der Waals surface area (Å²) in [5.41, 5.74) is 8.89. The van der Waals surface area contributed by atoms with Crippen molar-refractivity contribution >= 4 is 5.82 Å². The van der Waals surface area contributed by atoms with E-state index in [2.05, 4.69) is 15.2 Å². The third-order valence-corrected chi connectivity index (χ3v) is 2.85. The number of nitrogen functional groups attached to an aromatic ring is 1. The lowest BCUT2D eigenvalue weighted by Crippen LogP contribution is -1.90. The summed E-state index contributed by atoms with van der Waals surface area (Å²) in [7, 11) is 0. The van der Waals surface area contributed by atoms with Gasteiger partial charge >= 0.3 is 0 Å². The van der Waals surface area contributed by atoms with Gasteiger partial charge in [0.1, 0.15) is 5.82 Å². The molecule has 0 saturated heterocycles. The second kappa shape index (κ2) is 4.53. The second-order valence-corrected chi connectivity index (χ2v) is 4.08. The minimum atomic E-state index is -0.287. The van der Waals surface area contributed by atoms with Crippen LogP contribution < -0.4 is 5.73 Å². The molecule has 0 amide bonds. The molecule has 0 aliphatic heterocycles. The Hall–Kier alpha value is -2.69. The van der Waals surface area contributed by atoms with Crippen molar-refractivity contribution in [3.63, 3.8) is 0 Å². The predicted molar refractivity (Wildman–Crippen MR) is 71.6 cm³/mol. The van der Waals surface area contributed by atoms with Crippen LogP contribution >= 0.6 is 0 Å². The van der Waals surface area contributed by atoms with Crippen molar-refractivity contribution in [2.24, 2.45) is 0 Å². The molecule has 0 fully saturated rings. The number of anilines is 1. The lowest BCUT2D eigenvalue weighted by Gasteiger charge is -2.04. The lowest BCUT2D eigenvalue weighted by atomic mass is 10.0. The average molecular weight is 254 g/mol. The lowest BCUT2D eigenvalue weighted by molar-refractivity contribution is 0.628. The zero-order valence-electron chi connectivity index (χ0n) is 9.97. The number of H-pyrrole nitrogens is 1. The minimum absolute atomic E-state index is 0.287. The van der Waals surface area contributed by atoms with E-state index in [0.29, 0.717) is 5.82 Å². The van der Waals surface area contributed by atoms with E-state index >= 15 is 0 Å². The quantitative estimate of drug-likeness (QED) is 0.738. The average Bonchev–Trinajstić information content (AvgIpc) is 2.83. The highest BCUT2D eigenvalue weighted by Gasteiger charge is 2.15. The van der Waals surface area contributed by atoms with E-state index in [1.807, 2.05) is 18.2 Å². The normalized spacial score (nSPS) is 10.6. The van der Waals surface area contributed by atoms with Crippen LogP contribution in [0.25, 0.3) is 22.5 Å². The molecule has 3 aromatic rings. The summed E-state index contributed by atoms with van der Waals surface area (Å²) in [5, 5.41) is 6.88. The van der Waals surface area contributed by atoms with E-state index in [1.165, 1.54) is 12.1 Å². The molecule has 0 aliphatic carbocycles. The van der Waals surface area contributed by atoms with Gasteiger partial charge in [0.25, 0.3) is 0 Å². The Labute approximate surface area is 109 Å². The fourth-order valence-electron chi connectivity index (χ4n) is 1.96. The van der Waals surface area contributed by atoms with Gasteiger partial charge in [0.2, 0.25) is 0 Å². The number of pyridine rings is 1. The van der Waals surface area contributed by atoms with Crippen LogP contribution in [-0.4, -0.2) is 15.2 Å². The smallest absolute Gasteiger partial charge is 0.153 e. The zero-order valence-corrected chi connectivity index (χ0v) is 9.97. The molecular formula is C14H11FN4. The Morgan fingerprint density at radius 1 is 1.05 bits per heavy atom. The number of aromatic nitrogens is 3. The van der Waals surface area contributed by atoms with Crippen LogP contribution in [-0.2, 0) is 0 Å². The highest BCUT2D eigenvalue weighted by molar-refractivity contribution is 5.86. The van der Waals surface area contributed by atoms with E-state index in [1.54, 1.807) is 18.3 Å². The number of aromatic amines is 1. The predicted octanol–water partition coefficient (Wildman–Crippen LogP) is 2.86. The summed E-state index contributed by atoms with van der Waals surface area (Å²) < 4.78 is 13.0. The Morgan fingerprint density at radius 2 is 1.84 bits per heavy atom. The SMILES string of the molecule is Nc1n[nH]c(-c2ccccn2)c1-c1ccc(F)cc1. The summed E-state index contributed by atoms with van der Waals surface area (Å²) in [5.74, 6) is 0.0810. The summed E-state index contributed by atoms with van der Waals surface area (Å²) in [4.78, 5) is 4.27. The van der Waals surface area contributed by atoms with Gasteiger partial charge in [0, 0.05) is 6.20 Å². The van der Waals surface area contributed by atoms with Crippen molar-refractivity contribution in [1.29, 1.82) is 0 Å². The fourth-order valence-corrected chi connectivity index (χ4v) is 1.96. The van der Waals surface area contributed by atoms with Gasteiger partial charge < -0.3 is 5.73 Å². The van der Waals surface area contributed by atoms with Gasteiger partial charge in [0.15, 0.2) is 5.82 Å². The number of hydrogen-bond acceptors (Lipinski definition) is 3. The zero-order chi connectivity index (χ0) is 13.2. The molecule has 3 N–H and O–H groups in total. The molecule has 3 rings (SSSR count). The van der Waals surface area contributed by atoms with E-state index < -0.39 is 0 Å². The van der Waals surface area contributed by atoms with Crippen LogP contribution in [0.5, 0.6) is 0 Å². The first-order valence-electron chi connectivity index (χ1n) is 5.77. The van der Waals surface area contributed by atoms with Gasteiger partial charge in [0.05, 0.1) is 17.0 Å². The summed E-state index contributed by atoms with van der Waals surface area (Å²) in [6, 6.07) is 11.7. The van der Waals surface area contributed by atoms with Crippen molar-refractivity contribution in [1.82, 2.24) is 15.2 Å². The van der Waals surface area contributed by atoms with Gasteiger partial charge in [-0.15, -0.1) is 0 Å². The van der Waals surface area contributed by atoms with E-state index in [-0.39, 0.29) is 5.82 Å². The highest BCUT2D eigenvalue weighted by atomic mass is 19.1. The molecular weight excluding hydrogens is 243 g/mol. The van der Waals surface area contributed by atoms with Crippen LogP contribution in [0.2, 0.25) is 0 Å². The third-order valence-electron chi connectivity index (χ3n) is 2.85. The largest absolute Gasteiger partial charge is 0.382 e. The highest BCUT2D eigenvalue weighted by Crippen LogP contribution is 2.33. The van der Waals surface area contributed by atoms with Crippen molar-refractivity contribution < 1.29 is 4.39 Å². The molecule has 0 saturated carbocycles. The molecule has 2 heterocycles. The Morgan fingerprint density at radius 3 is 2.53 bits per heavy atom. The second-order valence-electron chi connectivity index (χ2n) is 4.08. The van der Waals surface area contributed by atoms with E-state index in [4.69, 9.17) is 5.73 Å². The maximum atomic E-state index is 13.0. The number of benzene rings is 1. The van der Waals surface area contributed by atoms with Gasteiger partial charge in [-0.3, -0.25) is 10.1 Å². The maximum Gasteiger partial charge on any atom is 0.153 e.